The van der Waals surface area contributed by atoms with Crippen LogP contribution in [0.25, 0.3) is 0 Å². The number of hydrogen-bond donors (Lipinski definition) is 1. The van der Waals surface area contributed by atoms with Gasteiger partial charge in [0.2, 0.25) is 0 Å². The molecule has 1 fully saturated rings. The van der Waals surface area contributed by atoms with Crippen LogP contribution < -0.4 is 4.90 Å². The van der Waals surface area contributed by atoms with E-state index in [2.05, 4.69) is 39.9 Å². The molecule has 0 unspecified atom stereocenters. The fraction of sp³-hybridized carbons (Fsp3) is 0.417. The molecule has 80 valence electrons. The molecular weight excluding hydrogens is 252 g/mol. The first kappa shape index (κ1) is 10.7. The number of amidine groups is 1. The molecule has 2 rings (SSSR count). The molecule has 0 aromatic heterocycles. The molecule has 1 N–H and O–H groups in total. The maximum Gasteiger partial charge on any atom is 0.100 e. The first-order valence-corrected chi connectivity index (χ1v) is 6.09. The summed E-state index contributed by atoms with van der Waals surface area (Å²) in [6.45, 7) is 3.08. The lowest BCUT2D eigenvalue weighted by Crippen LogP contribution is -2.35. The largest absolute Gasteiger partial charge is 0.330 e. The number of hydrogen-bond acceptors (Lipinski definition) is 1. The highest BCUT2D eigenvalue weighted by Gasteiger charge is 2.17. The quantitative estimate of drug-likeness (QED) is 0.824. The number of aryl methyl sites for hydroxylation is 1. The molecule has 0 spiro atoms. The van der Waals surface area contributed by atoms with Crippen LogP contribution in [0.1, 0.15) is 24.8 Å². The van der Waals surface area contributed by atoms with E-state index in [0.29, 0.717) is 0 Å². The highest BCUT2D eigenvalue weighted by molar-refractivity contribution is 9.10. The average molecular weight is 267 g/mol. The third-order valence-corrected chi connectivity index (χ3v) is 3.33. The summed E-state index contributed by atoms with van der Waals surface area (Å²) in [5, 5.41) is 7.96. The van der Waals surface area contributed by atoms with Gasteiger partial charge in [-0.15, -0.1) is 0 Å². The number of rotatable bonds is 1. The van der Waals surface area contributed by atoms with Crippen LogP contribution in [0.5, 0.6) is 0 Å². The summed E-state index contributed by atoms with van der Waals surface area (Å²) in [4.78, 5) is 2.13. The zero-order chi connectivity index (χ0) is 10.8. The van der Waals surface area contributed by atoms with E-state index in [-0.39, 0.29) is 0 Å². The molecule has 2 nitrogen and oxygen atoms in total. The molecule has 0 bridgehead atoms. The predicted octanol–water partition coefficient (Wildman–Crippen LogP) is 3.73. The molecule has 0 aliphatic carbocycles. The average Bonchev–Trinajstić information content (AvgIpc) is 2.23. The molecule has 0 radical (unpaired) electrons. The molecule has 1 aliphatic heterocycles. The lowest BCUT2D eigenvalue weighted by atomic mass is 10.1. The second-order valence-electron chi connectivity index (χ2n) is 3.99. The van der Waals surface area contributed by atoms with Gasteiger partial charge in [-0.1, -0.05) is 22.0 Å². The van der Waals surface area contributed by atoms with Crippen molar-refractivity contribution < 1.29 is 0 Å². The van der Waals surface area contributed by atoms with Crippen molar-refractivity contribution in [3.63, 3.8) is 0 Å². The Morgan fingerprint density at radius 2 is 2.13 bits per heavy atom. The van der Waals surface area contributed by atoms with Crippen LogP contribution in [0.2, 0.25) is 0 Å². The van der Waals surface area contributed by atoms with Gasteiger partial charge in [0.15, 0.2) is 0 Å². The molecular formula is C12H15BrN2. The second-order valence-corrected chi connectivity index (χ2v) is 4.90. The maximum absolute atomic E-state index is 7.96. The van der Waals surface area contributed by atoms with Gasteiger partial charge in [0.05, 0.1) is 0 Å². The predicted molar refractivity (Wildman–Crippen MR) is 67.8 cm³/mol. The van der Waals surface area contributed by atoms with E-state index >= 15 is 0 Å². The van der Waals surface area contributed by atoms with Crippen LogP contribution in [0.3, 0.4) is 0 Å². The van der Waals surface area contributed by atoms with E-state index < -0.39 is 0 Å². The van der Waals surface area contributed by atoms with Gasteiger partial charge >= 0.3 is 0 Å². The first-order chi connectivity index (χ1) is 7.18. The number of nitrogens with one attached hydrogen (secondary N) is 1. The fourth-order valence-corrected chi connectivity index (χ4v) is 2.32. The summed E-state index contributed by atoms with van der Waals surface area (Å²) in [6.07, 6.45) is 3.25. The van der Waals surface area contributed by atoms with Crippen molar-refractivity contribution >= 4 is 27.5 Å². The van der Waals surface area contributed by atoms with Crippen molar-refractivity contribution in [2.45, 2.75) is 26.2 Å². The number of anilines is 1. The topological polar surface area (TPSA) is 27.1 Å². The number of benzene rings is 1. The van der Waals surface area contributed by atoms with Crippen LogP contribution in [0.15, 0.2) is 22.7 Å². The van der Waals surface area contributed by atoms with Crippen molar-refractivity contribution in [2.24, 2.45) is 0 Å². The minimum Gasteiger partial charge on any atom is -0.330 e. The Hall–Kier alpha value is -0.830. The minimum absolute atomic E-state index is 0.752. The second kappa shape index (κ2) is 4.35. The Kier molecular flexibility index (Phi) is 3.10. The molecule has 15 heavy (non-hydrogen) atoms. The van der Waals surface area contributed by atoms with Gasteiger partial charge in [-0.25, -0.2) is 0 Å². The highest BCUT2D eigenvalue weighted by atomic mass is 79.9. The third kappa shape index (κ3) is 2.23. The normalized spacial score (nSPS) is 16.9. The van der Waals surface area contributed by atoms with Gasteiger partial charge in [0.1, 0.15) is 5.84 Å². The molecule has 0 amide bonds. The Bertz CT molecular complexity index is 387. The van der Waals surface area contributed by atoms with Crippen molar-refractivity contribution in [1.82, 2.24) is 0 Å². The zero-order valence-electron chi connectivity index (χ0n) is 8.89. The van der Waals surface area contributed by atoms with Gasteiger partial charge in [-0.05, 0) is 37.5 Å². The van der Waals surface area contributed by atoms with Crippen LogP contribution in [0, 0.1) is 12.3 Å². The highest BCUT2D eigenvalue weighted by Crippen LogP contribution is 2.27. The summed E-state index contributed by atoms with van der Waals surface area (Å²) < 4.78 is 1.08. The van der Waals surface area contributed by atoms with Crippen LogP contribution in [-0.2, 0) is 0 Å². The van der Waals surface area contributed by atoms with Crippen molar-refractivity contribution in [3.8, 4) is 0 Å². The van der Waals surface area contributed by atoms with Crippen molar-refractivity contribution in [3.05, 3.63) is 28.2 Å². The summed E-state index contributed by atoms with van der Waals surface area (Å²) in [5.74, 6) is 0.752. The van der Waals surface area contributed by atoms with Crippen molar-refractivity contribution in [1.29, 1.82) is 5.41 Å². The molecule has 1 heterocycles. The fourth-order valence-electron chi connectivity index (χ4n) is 1.97. The monoisotopic (exact) mass is 266 g/mol. The van der Waals surface area contributed by atoms with Gasteiger partial charge in [0, 0.05) is 23.1 Å². The number of halogens is 1. The van der Waals surface area contributed by atoms with Crippen LogP contribution >= 0.6 is 15.9 Å². The zero-order valence-corrected chi connectivity index (χ0v) is 10.5. The number of piperidine rings is 1. The summed E-state index contributed by atoms with van der Waals surface area (Å²) in [6, 6.07) is 6.25. The van der Waals surface area contributed by atoms with E-state index in [0.717, 1.165) is 29.7 Å². The maximum atomic E-state index is 7.96. The first-order valence-electron chi connectivity index (χ1n) is 5.29. The van der Waals surface area contributed by atoms with E-state index in [1.807, 2.05) is 6.07 Å². The molecule has 0 saturated carbocycles. The SMILES string of the molecule is Cc1ccc(Br)cc1N1CCCCC1=N. The Morgan fingerprint density at radius 3 is 2.87 bits per heavy atom. The molecule has 1 aromatic carbocycles. The van der Waals surface area contributed by atoms with E-state index in [1.165, 1.54) is 17.7 Å². The summed E-state index contributed by atoms with van der Waals surface area (Å²) >= 11 is 3.49. The number of nitrogens with zero attached hydrogens (tertiary/aromatic N) is 1. The Balaban J connectivity index is 2.34. The molecule has 0 atom stereocenters. The molecule has 1 aromatic rings. The van der Waals surface area contributed by atoms with Gasteiger partial charge in [0.25, 0.3) is 0 Å². The lowest BCUT2D eigenvalue weighted by molar-refractivity contribution is 0.706. The molecule has 3 heteroatoms. The summed E-state index contributed by atoms with van der Waals surface area (Å²) in [5.41, 5.74) is 2.42. The van der Waals surface area contributed by atoms with Gasteiger partial charge < -0.3 is 4.90 Å². The molecule has 1 saturated heterocycles. The van der Waals surface area contributed by atoms with Crippen LogP contribution in [-0.4, -0.2) is 12.4 Å². The van der Waals surface area contributed by atoms with E-state index in [1.54, 1.807) is 0 Å². The van der Waals surface area contributed by atoms with Crippen LogP contribution in [0.4, 0.5) is 5.69 Å². The molecule has 1 aliphatic rings. The van der Waals surface area contributed by atoms with Gasteiger partial charge in [-0.3, -0.25) is 5.41 Å². The van der Waals surface area contributed by atoms with Gasteiger partial charge in [-0.2, -0.15) is 0 Å². The standard InChI is InChI=1S/C12H15BrN2/c1-9-5-6-10(13)8-11(9)15-7-3-2-4-12(15)14/h5-6,8,14H,2-4,7H2,1H3. The summed E-state index contributed by atoms with van der Waals surface area (Å²) in [7, 11) is 0. The lowest BCUT2D eigenvalue weighted by Gasteiger charge is -2.30. The smallest absolute Gasteiger partial charge is 0.100 e. The Labute approximate surface area is 98.9 Å². The third-order valence-electron chi connectivity index (χ3n) is 2.83. The van der Waals surface area contributed by atoms with E-state index in [9.17, 15) is 0 Å². The minimum atomic E-state index is 0.752. The van der Waals surface area contributed by atoms with Crippen molar-refractivity contribution in [2.75, 3.05) is 11.4 Å². The Morgan fingerprint density at radius 1 is 1.33 bits per heavy atom. The van der Waals surface area contributed by atoms with E-state index in [4.69, 9.17) is 5.41 Å².